The van der Waals surface area contributed by atoms with Gasteiger partial charge in [-0.2, -0.15) is 0 Å². The number of nitrogens with zero attached hydrogens (tertiary/aromatic N) is 2. The molecule has 7 nitrogen and oxygen atoms in total. The van der Waals surface area contributed by atoms with Crippen LogP contribution in [0.4, 0.5) is 5.69 Å². The quantitative estimate of drug-likeness (QED) is 0.743. The van der Waals surface area contributed by atoms with E-state index in [1.54, 1.807) is 25.3 Å². The van der Waals surface area contributed by atoms with Crippen LogP contribution >= 0.6 is 0 Å². The molecule has 0 unspecified atom stereocenters. The molecule has 0 spiro atoms. The molecule has 0 atom stereocenters. The molecule has 3 aromatic rings. The topological polar surface area (TPSA) is 86.5 Å². The molecular formula is C18H17N3O4. The molecule has 1 N–H and O–H groups in total. The zero-order chi connectivity index (χ0) is 17.6. The van der Waals surface area contributed by atoms with E-state index in [0.29, 0.717) is 29.5 Å². The van der Waals surface area contributed by atoms with Crippen molar-refractivity contribution in [3.05, 3.63) is 65.9 Å². The maximum Gasteiger partial charge on any atom is 0.313 e. The third-order valence-corrected chi connectivity index (χ3v) is 3.50. The van der Waals surface area contributed by atoms with E-state index >= 15 is 0 Å². The Labute approximate surface area is 144 Å². The van der Waals surface area contributed by atoms with Crippen molar-refractivity contribution in [3.8, 4) is 11.5 Å². The molecule has 2 aromatic carbocycles. The van der Waals surface area contributed by atoms with Gasteiger partial charge in [0.15, 0.2) is 11.5 Å². The first-order valence-corrected chi connectivity index (χ1v) is 7.59. The fourth-order valence-electron chi connectivity index (χ4n) is 2.29. The minimum Gasteiger partial charge on any atom is -0.493 e. The molecule has 0 bridgehead atoms. The molecule has 3 rings (SSSR count). The maximum atomic E-state index is 12.3. The minimum absolute atomic E-state index is 0.0966. The highest BCUT2D eigenvalue weighted by Crippen LogP contribution is 2.29. The predicted molar refractivity (Wildman–Crippen MR) is 91.0 cm³/mol. The van der Waals surface area contributed by atoms with Crippen molar-refractivity contribution < 1.29 is 18.7 Å². The Morgan fingerprint density at radius 3 is 2.52 bits per heavy atom. The van der Waals surface area contributed by atoms with E-state index in [4.69, 9.17) is 13.9 Å². The van der Waals surface area contributed by atoms with E-state index in [-0.39, 0.29) is 5.89 Å². The molecule has 1 aromatic heterocycles. The number of amides is 1. The van der Waals surface area contributed by atoms with Gasteiger partial charge in [-0.1, -0.05) is 30.3 Å². The number of carbonyl (C=O) groups excluding carboxylic acids is 1. The number of nitrogens with one attached hydrogen (secondary N) is 1. The maximum absolute atomic E-state index is 12.3. The lowest BCUT2D eigenvalue weighted by Gasteiger charge is -2.09. The van der Waals surface area contributed by atoms with Gasteiger partial charge in [0.25, 0.3) is 0 Å². The van der Waals surface area contributed by atoms with E-state index in [0.717, 1.165) is 5.56 Å². The van der Waals surface area contributed by atoms with E-state index in [9.17, 15) is 4.79 Å². The zero-order valence-electron chi connectivity index (χ0n) is 13.9. The van der Waals surface area contributed by atoms with Crippen molar-refractivity contribution in [2.24, 2.45) is 0 Å². The van der Waals surface area contributed by atoms with Crippen LogP contribution < -0.4 is 14.8 Å². The summed E-state index contributed by atoms with van der Waals surface area (Å²) >= 11 is 0. The van der Waals surface area contributed by atoms with Crippen molar-refractivity contribution in [1.29, 1.82) is 0 Å². The molecule has 0 aliphatic heterocycles. The first kappa shape index (κ1) is 16.5. The average molecular weight is 339 g/mol. The zero-order valence-corrected chi connectivity index (χ0v) is 13.9. The first-order valence-electron chi connectivity index (χ1n) is 7.59. The van der Waals surface area contributed by atoms with Gasteiger partial charge in [-0.3, -0.25) is 4.79 Å². The molecule has 0 saturated carbocycles. The Hall–Kier alpha value is -3.35. The molecule has 0 aliphatic rings. The Morgan fingerprint density at radius 1 is 1.04 bits per heavy atom. The van der Waals surface area contributed by atoms with Gasteiger partial charge in [-0.25, -0.2) is 0 Å². The second-order valence-corrected chi connectivity index (χ2v) is 5.19. The van der Waals surface area contributed by atoms with Crippen LogP contribution in [0.5, 0.6) is 11.5 Å². The smallest absolute Gasteiger partial charge is 0.313 e. The average Bonchev–Trinajstić information content (AvgIpc) is 3.11. The molecule has 0 fully saturated rings. The summed E-state index contributed by atoms with van der Waals surface area (Å²) in [5.74, 6) is 0.877. The second-order valence-electron chi connectivity index (χ2n) is 5.19. The third kappa shape index (κ3) is 3.95. The van der Waals surface area contributed by atoms with Gasteiger partial charge < -0.3 is 19.2 Å². The lowest BCUT2D eigenvalue weighted by molar-refractivity contribution is 0.0988. The van der Waals surface area contributed by atoms with Crippen molar-refractivity contribution in [3.63, 3.8) is 0 Å². The summed E-state index contributed by atoms with van der Waals surface area (Å²) in [6.07, 6.45) is 0.470. The fourth-order valence-corrected chi connectivity index (χ4v) is 2.29. The highest BCUT2D eigenvalue weighted by atomic mass is 16.5. The molecule has 0 radical (unpaired) electrons. The van der Waals surface area contributed by atoms with Gasteiger partial charge in [-0.05, 0) is 17.7 Å². The molecule has 0 saturated heterocycles. The van der Waals surface area contributed by atoms with Crippen molar-refractivity contribution in [2.75, 3.05) is 19.5 Å². The fraction of sp³-hybridized carbons (Fsp3) is 0.167. The van der Waals surface area contributed by atoms with Crippen molar-refractivity contribution in [2.45, 2.75) is 6.42 Å². The van der Waals surface area contributed by atoms with Crippen molar-refractivity contribution >= 4 is 11.6 Å². The number of ether oxygens (including phenoxy) is 2. The molecule has 7 heteroatoms. The second kappa shape index (κ2) is 7.48. The summed E-state index contributed by atoms with van der Waals surface area (Å²) in [7, 11) is 3.07. The summed E-state index contributed by atoms with van der Waals surface area (Å²) in [5, 5.41) is 10.4. The Kier molecular flexibility index (Phi) is 4.94. The molecule has 1 amide bonds. The van der Waals surface area contributed by atoms with Gasteiger partial charge in [0.1, 0.15) is 0 Å². The number of benzene rings is 2. The highest BCUT2D eigenvalue weighted by molar-refractivity contribution is 6.00. The summed E-state index contributed by atoms with van der Waals surface area (Å²) in [6, 6.07) is 14.7. The molecule has 1 heterocycles. The van der Waals surface area contributed by atoms with Gasteiger partial charge in [0.2, 0.25) is 5.89 Å². The molecular weight excluding hydrogens is 322 g/mol. The predicted octanol–water partition coefficient (Wildman–Crippen LogP) is 2.93. The van der Waals surface area contributed by atoms with E-state index in [1.807, 2.05) is 30.3 Å². The monoisotopic (exact) mass is 339 g/mol. The van der Waals surface area contributed by atoms with Crippen LogP contribution in [0.3, 0.4) is 0 Å². The number of aromatic nitrogens is 2. The van der Waals surface area contributed by atoms with Crippen LogP contribution in [0, 0.1) is 0 Å². The number of rotatable bonds is 6. The van der Waals surface area contributed by atoms with Crippen LogP contribution in [-0.4, -0.2) is 30.3 Å². The normalized spacial score (nSPS) is 10.3. The lowest BCUT2D eigenvalue weighted by atomic mass is 10.2. The Balaban J connectivity index is 1.70. The van der Waals surface area contributed by atoms with Crippen LogP contribution in [0.2, 0.25) is 0 Å². The van der Waals surface area contributed by atoms with E-state index in [1.165, 1.54) is 7.11 Å². The molecule has 128 valence electrons. The number of hydrogen-bond donors (Lipinski definition) is 1. The van der Waals surface area contributed by atoms with Crippen LogP contribution in [0.1, 0.15) is 22.1 Å². The van der Waals surface area contributed by atoms with Gasteiger partial charge in [0.05, 0.1) is 20.6 Å². The van der Waals surface area contributed by atoms with Gasteiger partial charge in [-0.15, -0.1) is 10.2 Å². The summed E-state index contributed by atoms with van der Waals surface area (Å²) in [4.78, 5) is 12.3. The first-order chi connectivity index (χ1) is 12.2. The Bertz CT molecular complexity index is 862. The van der Waals surface area contributed by atoms with E-state index < -0.39 is 5.91 Å². The van der Waals surface area contributed by atoms with Crippen LogP contribution in [0.25, 0.3) is 0 Å². The van der Waals surface area contributed by atoms with Crippen molar-refractivity contribution in [1.82, 2.24) is 10.2 Å². The number of methoxy groups -OCH3 is 2. The molecule has 0 aliphatic carbocycles. The van der Waals surface area contributed by atoms with E-state index in [2.05, 4.69) is 15.5 Å². The summed E-state index contributed by atoms with van der Waals surface area (Å²) in [6.45, 7) is 0. The van der Waals surface area contributed by atoms with Gasteiger partial charge in [0, 0.05) is 11.8 Å². The summed E-state index contributed by atoms with van der Waals surface area (Å²) < 4.78 is 15.8. The molecule has 25 heavy (non-hydrogen) atoms. The Morgan fingerprint density at radius 2 is 1.80 bits per heavy atom. The largest absolute Gasteiger partial charge is 0.493 e. The third-order valence-electron chi connectivity index (χ3n) is 3.50. The number of anilines is 1. The minimum atomic E-state index is -0.487. The SMILES string of the molecule is COc1ccc(NC(=O)c2nnc(Cc3ccccc3)o2)cc1OC. The highest BCUT2D eigenvalue weighted by Gasteiger charge is 2.16. The van der Waals surface area contributed by atoms with Crippen LogP contribution in [-0.2, 0) is 6.42 Å². The van der Waals surface area contributed by atoms with Crippen LogP contribution in [0.15, 0.2) is 52.9 Å². The lowest BCUT2D eigenvalue weighted by Crippen LogP contribution is -2.12. The number of carbonyl (C=O) groups is 1. The standard InChI is InChI=1S/C18H17N3O4/c1-23-14-9-8-13(11-15(14)24-2)19-17(22)18-21-20-16(25-18)10-12-6-4-3-5-7-12/h3-9,11H,10H2,1-2H3,(H,19,22). The number of hydrogen-bond acceptors (Lipinski definition) is 6. The van der Waals surface area contributed by atoms with Gasteiger partial charge >= 0.3 is 11.8 Å². The summed E-state index contributed by atoms with van der Waals surface area (Å²) in [5.41, 5.74) is 1.56.